The van der Waals surface area contributed by atoms with Gasteiger partial charge in [0, 0.05) is 12.1 Å². The summed E-state index contributed by atoms with van der Waals surface area (Å²) in [7, 11) is 0. The zero-order chi connectivity index (χ0) is 20.6. The highest BCUT2D eigenvalue weighted by Gasteiger charge is 2.38. The van der Waals surface area contributed by atoms with Gasteiger partial charge in [-0.05, 0) is 35.7 Å². The van der Waals surface area contributed by atoms with E-state index in [4.69, 9.17) is 9.47 Å². The molecule has 2 aromatic carbocycles. The Morgan fingerprint density at radius 1 is 0.862 bits per heavy atom. The summed E-state index contributed by atoms with van der Waals surface area (Å²) in [4.78, 5) is 24.4. The largest absolute Gasteiger partial charge is 0.461 e. The number of esters is 2. The molecule has 0 spiro atoms. The normalized spacial score (nSPS) is 11.1. The van der Waals surface area contributed by atoms with Gasteiger partial charge in [-0.15, -0.1) is 0 Å². The summed E-state index contributed by atoms with van der Waals surface area (Å²) in [5.74, 6) is -1.26. The molecule has 148 valence electrons. The second-order valence-corrected chi connectivity index (χ2v) is 6.39. The molecule has 1 aromatic heterocycles. The molecule has 0 N–H and O–H groups in total. The SMILES string of the molecule is CCOC(=O)C(C(=O)OCC)[n+]1ccc(/C=C/c2cccc3ccccc23)cc1. The second kappa shape index (κ2) is 9.64. The zero-order valence-electron chi connectivity index (χ0n) is 16.6. The van der Waals surface area contributed by atoms with Crippen molar-refractivity contribution in [1.82, 2.24) is 0 Å². The van der Waals surface area contributed by atoms with E-state index in [9.17, 15) is 9.59 Å². The van der Waals surface area contributed by atoms with Gasteiger partial charge < -0.3 is 9.47 Å². The van der Waals surface area contributed by atoms with E-state index in [2.05, 4.69) is 30.3 Å². The van der Waals surface area contributed by atoms with E-state index in [0.717, 1.165) is 11.1 Å². The van der Waals surface area contributed by atoms with Crippen molar-refractivity contribution in [3.8, 4) is 0 Å². The highest BCUT2D eigenvalue weighted by atomic mass is 16.6. The van der Waals surface area contributed by atoms with Crippen LogP contribution in [0, 0.1) is 0 Å². The van der Waals surface area contributed by atoms with Crippen LogP contribution >= 0.6 is 0 Å². The number of hydrogen-bond acceptors (Lipinski definition) is 4. The average molecular weight is 390 g/mol. The lowest BCUT2D eigenvalue weighted by Crippen LogP contribution is -2.49. The summed E-state index contributed by atoms with van der Waals surface area (Å²) in [5, 5.41) is 2.37. The van der Waals surface area contributed by atoms with Crippen LogP contribution in [0.25, 0.3) is 22.9 Å². The fourth-order valence-electron chi connectivity index (χ4n) is 3.10. The minimum atomic E-state index is -1.15. The summed E-state index contributed by atoms with van der Waals surface area (Å²) >= 11 is 0. The lowest BCUT2D eigenvalue weighted by Gasteiger charge is -2.10. The number of hydrogen-bond donors (Lipinski definition) is 0. The summed E-state index contributed by atoms with van der Waals surface area (Å²) in [6, 6.07) is 16.9. The van der Waals surface area contributed by atoms with E-state index in [1.54, 1.807) is 26.2 Å². The first-order valence-corrected chi connectivity index (χ1v) is 9.64. The van der Waals surface area contributed by atoms with Gasteiger partial charge in [0.2, 0.25) is 0 Å². The Balaban J connectivity index is 1.83. The number of ether oxygens (including phenoxy) is 2. The second-order valence-electron chi connectivity index (χ2n) is 6.39. The number of aromatic nitrogens is 1. The van der Waals surface area contributed by atoms with Crippen LogP contribution in [0.5, 0.6) is 0 Å². The fourth-order valence-corrected chi connectivity index (χ4v) is 3.10. The standard InChI is InChI=1S/C24H24NO4/c1-3-28-23(26)22(24(27)29-4-2)25-16-14-18(15-17-25)12-13-20-10-7-9-19-8-5-6-11-21(19)20/h5-17,22H,3-4H2,1-2H3/q+1/b13-12+. The molecule has 5 nitrogen and oxygen atoms in total. The molecule has 1 heterocycles. The maximum Gasteiger partial charge on any atom is 0.388 e. The van der Waals surface area contributed by atoms with Crippen LogP contribution < -0.4 is 4.57 Å². The Kier molecular flexibility index (Phi) is 6.74. The van der Waals surface area contributed by atoms with Gasteiger partial charge >= 0.3 is 18.0 Å². The van der Waals surface area contributed by atoms with Gasteiger partial charge in [-0.25, -0.2) is 9.59 Å². The average Bonchev–Trinajstić information content (AvgIpc) is 2.74. The summed E-state index contributed by atoms with van der Waals surface area (Å²) in [5.41, 5.74) is 2.07. The van der Waals surface area contributed by atoms with Gasteiger partial charge in [-0.3, -0.25) is 0 Å². The third kappa shape index (κ3) is 4.88. The Bertz CT molecular complexity index is 1000. The third-order valence-corrected chi connectivity index (χ3v) is 4.47. The van der Waals surface area contributed by atoms with Gasteiger partial charge in [-0.2, -0.15) is 4.57 Å². The quantitative estimate of drug-likeness (QED) is 0.348. The first kappa shape index (κ1) is 20.3. The number of benzene rings is 2. The van der Waals surface area contributed by atoms with E-state index in [1.165, 1.54) is 15.3 Å². The molecule has 0 amide bonds. The van der Waals surface area contributed by atoms with Gasteiger partial charge in [-0.1, -0.05) is 54.6 Å². The molecule has 0 atom stereocenters. The maximum atomic E-state index is 12.2. The number of pyridine rings is 1. The molecule has 0 radical (unpaired) electrons. The highest BCUT2D eigenvalue weighted by Crippen LogP contribution is 2.20. The van der Waals surface area contributed by atoms with Crippen LogP contribution in [0.3, 0.4) is 0 Å². The highest BCUT2D eigenvalue weighted by molar-refractivity contribution is 5.95. The zero-order valence-corrected chi connectivity index (χ0v) is 16.6. The minimum absolute atomic E-state index is 0.196. The molecule has 3 rings (SSSR count). The number of carbonyl (C=O) groups excluding carboxylic acids is 2. The first-order chi connectivity index (χ1) is 14.1. The maximum absolute atomic E-state index is 12.2. The monoisotopic (exact) mass is 390 g/mol. The predicted molar refractivity (Wildman–Crippen MR) is 112 cm³/mol. The van der Waals surface area contributed by atoms with E-state index < -0.39 is 18.0 Å². The molecule has 0 aliphatic rings. The molecule has 0 saturated carbocycles. The van der Waals surface area contributed by atoms with Gasteiger partial charge in [0.1, 0.15) is 0 Å². The van der Waals surface area contributed by atoms with Crippen molar-refractivity contribution in [2.24, 2.45) is 0 Å². The Morgan fingerprint density at radius 3 is 2.14 bits per heavy atom. The Hall–Kier alpha value is -3.47. The molecular formula is C24H24NO4+. The van der Waals surface area contributed by atoms with Crippen LogP contribution in [0.2, 0.25) is 0 Å². The topological polar surface area (TPSA) is 56.5 Å². The molecule has 0 unspecified atom stereocenters. The van der Waals surface area contributed by atoms with Crippen molar-refractivity contribution in [1.29, 1.82) is 0 Å². The summed E-state index contributed by atoms with van der Waals surface area (Å²) in [6.07, 6.45) is 7.41. The molecule has 29 heavy (non-hydrogen) atoms. The first-order valence-electron chi connectivity index (χ1n) is 9.64. The summed E-state index contributed by atoms with van der Waals surface area (Å²) in [6.45, 7) is 3.79. The fraction of sp³-hybridized carbons (Fsp3) is 0.208. The van der Waals surface area contributed by atoms with Crippen molar-refractivity contribution in [2.45, 2.75) is 19.9 Å². The lowest BCUT2D eigenvalue weighted by atomic mass is 10.0. The summed E-state index contributed by atoms with van der Waals surface area (Å²) < 4.78 is 11.6. The Labute approximate surface area is 170 Å². The number of nitrogens with zero attached hydrogens (tertiary/aromatic N) is 1. The molecule has 5 heteroatoms. The van der Waals surface area contributed by atoms with Crippen molar-refractivity contribution in [3.05, 3.63) is 78.1 Å². The van der Waals surface area contributed by atoms with Crippen molar-refractivity contribution in [2.75, 3.05) is 13.2 Å². The van der Waals surface area contributed by atoms with Crippen LogP contribution in [0.15, 0.2) is 67.0 Å². The molecule has 0 aliphatic carbocycles. The number of rotatable bonds is 7. The molecular weight excluding hydrogens is 366 g/mol. The number of carbonyl (C=O) groups is 2. The van der Waals surface area contributed by atoms with E-state index in [0.29, 0.717) is 0 Å². The van der Waals surface area contributed by atoms with Crippen LogP contribution in [0.1, 0.15) is 31.0 Å². The van der Waals surface area contributed by atoms with Gasteiger partial charge in [0.15, 0.2) is 12.4 Å². The number of fused-ring (bicyclic) bond motifs is 1. The van der Waals surface area contributed by atoms with Crippen LogP contribution in [-0.4, -0.2) is 25.2 Å². The van der Waals surface area contributed by atoms with Gasteiger partial charge in [0.05, 0.1) is 13.2 Å². The van der Waals surface area contributed by atoms with Gasteiger partial charge in [0.25, 0.3) is 0 Å². The van der Waals surface area contributed by atoms with E-state index >= 15 is 0 Å². The van der Waals surface area contributed by atoms with Crippen molar-refractivity contribution < 1.29 is 23.6 Å². The van der Waals surface area contributed by atoms with Crippen molar-refractivity contribution >= 4 is 34.9 Å². The minimum Gasteiger partial charge on any atom is -0.461 e. The van der Waals surface area contributed by atoms with Crippen molar-refractivity contribution in [3.63, 3.8) is 0 Å². The van der Waals surface area contributed by atoms with Crippen LogP contribution in [0.4, 0.5) is 0 Å². The smallest absolute Gasteiger partial charge is 0.388 e. The molecule has 0 fully saturated rings. The third-order valence-electron chi connectivity index (χ3n) is 4.47. The Morgan fingerprint density at radius 2 is 1.48 bits per heavy atom. The molecule has 0 saturated heterocycles. The molecule has 3 aromatic rings. The molecule has 0 aliphatic heterocycles. The van der Waals surface area contributed by atoms with Crippen LogP contribution in [-0.2, 0) is 19.1 Å². The molecule has 0 bridgehead atoms. The van der Waals surface area contributed by atoms with E-state index in [-0.39, 0.29) is 13.2 Å². The predicted octanol–water partition coefficient (Wildman–Crippen LogP) is 3.97. The lowest BCUT2D eigenvalue weighted by molar-refractivity contribution is -0.699. The van der Waals surface area contributed by atoms with E-state index in [1.807, 2.05) is 36.4 Å².